The second-order valence-electron chi connectivity index (χ2n) is 8.67. The van der Waals surface area contributed by atoms with E-state index in [2.05, 4.69) is 38.3 Å². The molecule has 202 valence electrons. The topological polar surface area (TPSA) is 151 Å². The Kier molecular flexibility index (Phi) is 9.03. The van der Waals surface area contributed by atoms with Crippen LogP contribution in [0.25, 0.3) is 16.5 Å². The van der Waals surface area contributed by atoms with E-state index in [0.29, 0.717) is 12.3 Å². The van der Waals surface area contributed by atoms with E-state index in [1.807, 2.05) is 55.5 Å². The third-order valence-electron chi connectivity index (χ3n) is 6.14. The summed E-state index contributed by atoms with van der Waals surface area (Å²) in [6.07, 6.45) is 0. The van der Waals surface area contributed by atoms with Crippen molar-refractivity contribution in [2.24, 2.45) is 4.99 Å². The molecular formula is C28H32ClN3O6. The number of aryl methyl sites for hydroxylation is 4. The van der Waals surface area contributed by atoms with Crippen LogP contribution >= 0.6 is 0 Å². The largest absolute Gasteiger partial charge is 0.497 e. The second kappa shape index (κ2) is 11.8. The van der Waals surface area contributed by atoms with Gasteiger partial charge in [0.25, 0.3) is 0 Å². The van der Waals surface area contributed by atoms with Gasteiger partial charge < -0.3 is 19.8 Å². The molecule has 3 N–H and O–H groups in total. The molecule has 1 aromatic heterocycles. The van der Waals surface area contributed by atoms with Crippen molar-refractivity contribution < 1.29 is 38.4 Å². The number of methoxy groups -OCH3 is 1. The van der Waals surface area contributed by atoms with E-state index in [0.717, 1.165) is 61.5 Å². The zero-order chi connectivity index (χ0) is 28.2. The molecule has 38 heavy (non-hydrogen) atoms. The lowest BCUT2D eigenvalue weighted by Gasteiger charge is -2.11. The first-order valence-electron chi connectivity index (χ1n) is 11.8. The maximum Gasteiger partial charge on any atom is 0.129 e. The molecule has 10 heteroatoms. The van der Waals surface area contributed by atoms with Crippen LogP contribution in [0.5, 0.6) is 11.5 Å². The summed E-state index contributed by atoms with van der Waals surface area (Å²) in [5, 5.41) is 2.94. The van der Waals surface area contributed by atoms with E-state index < -0.39 is 10.2 Å². The van der Waals surface area contributed by atoms with Gasteiger partial charge in [0.05, 0.1) is 45.4 Å². The number of nitrogens with two attached hydrogens (primary N) is 1. The lowest BCUT2D eigenvalue weighted by Crippen LogP contribution is -2.58. The molecule has 4 aromatic rings. The molecule has 4 rings (SSSR count). The Morgan fingerprint density at radius 3 is 2.16 bits per heavy atom. The van der Waals surface area contributed by atoms with Gasteiger partial charge >= 0.3 is 0 Å². The molecule has 9 nitrogen and oxygen atoms in total. The van der Waals surface area contributed by atoms with Crippen molar-refractivity contribution in [3.8, 4) is 17.2 Å². The molecule has 0 saturated heterocycles. The van der Waals surface area contributed by atoms with E-state index in [-0.39, 0.29) is 0 Å². The van der Waals surface area contributed by atoms with Crippen LogP contribution in [0, 0.1) is 37.9 Å². The van der Waals surface area contributed by atoms with Crippen LogP contribution in [0.1, 0.15) is 29.4 Å². The standard InChI is InChI=1S/C28H31N3O2.ClHO4/c1-7-33-26-13-9-12-24(30-25-15-18(3)17(2)14-23(25)29)27-19(4)31(20(5)28(26)27)21-10-8-11-22(16-21)32-6;2-1(3,4)5/h8-16H,7,29H2,1-6H3;(H,2,3,4,5). The summed E-state index contributed by atoms with van der Waals surface area (Å²) < 4.78 is 46.5. The van der Waals surface area contributed by atoms with Gasteiger partial charge in [-0.2, -0.15) is 14.0 Å². The van der Waals surface area contributed by atoms with Gasteiger partial charge in [0.2, 0.25) is 0 Å². The molecular weight excluding hydrogens is 510 g/mol. The van der Waals surface area contributed by atoms with Gasteiger partial charge in [0.1, 0.15) is 11.5 Å². The van der Waals surface area contributed by atoms with Gasteiger partial charge in [0, 0.05) is 33.9 Å². The van der Waals surface area contributed by atoms with E-state index in [4.69, 9.17) is 38.8 Å². The van der Waals surface area contributed by atoms with Crippen LogP contribution in [0.4, 0.5) is 11.4 Å². The smallest absolute Gasteiger partial charge is 0.129 e. The summed E-state index contributed by atoms with van der Waals surface area (Å²) >= 11 is 0. The van der Waals surface area contributed by atoms with Crippen molar-refractivity contribution in [2.75, 3.05) is 19.5 Å². The van der Waals surface area contributed by atoms with Crippen molar-refractivity contribution in [3.63, 3.8) is 0 Å². The summed E-state index contributed by atoms with van der Waals surface area (Å²) in [4.78, 5) is 5.04. The lowest BCUT2D eigenvalue weighted by molar-refractivity contribution is -1.92. The Morgan fingerprint density at radius 1 is 0.921 bits per heavy atom. The Balaban J connectivity index is 0.000000732. The molecule has 3 aromatic carbocycles. The first-order valence-corrected chi connectivity index (χ1v) is 13.1. The fourth-order valence-electron chi connectivity index (χ4n) is 4.40. The highest BCUT2D eigenvalue weighted by Crippen LogP contribution is 2.34. The van der Waals surface area contributed by atoms with Crippen LogP contribution in [0.15, 0.2) is 59.6 Å². The summed E-state index contributed by atoms with van der Waals surface area (Å²) in [7, 11) is -3.01. The molecule has 0 spiro atoms. The summed E-state index contributed by atoms with van der Waals surface area (Å²) in [6.45, 7) is 11.0. The maximum atomic E-state index is 8.60. The predicted molar refractivity (Wildman–Crippen MR) is 138 cm³/mol. The van der Waals surface area contributed by atoms with Crippen LogP contribution in [-0.2, 0) is 0 Å². The summed E-state index contributed by atoms with van der Waals surface area (Å²) in [6, 6.07) is 18.1. The van der Waals surface area contributed by atoms with E-state index in [9.17, 15) is 0 Å². The van der Waals surface area contributed by atoms with Gasteiger partial charge in [-0.3, -0.25) is 0 Å². The molecule has 0 radical (unpaired) electrons. The molecule has 0 atom stereocenters. The highest BCUT2D eigenvalue weighted by molar-refractivity contribution is 5.93. The van der Waals surface area contributed by atoms with Gasteiger partial charge in [-0.1, -0.05) is 12.1 Å². The number of hydrogen-bond acceptors (Lipinski definition) is 8. The van der Waals surface area contributed by atoms with Crippen molar-refractivity contribution in [2.45, 2.75) is 34.6 Å². The minimum Gasteiger partial charge on any atom is -0.497 e. The molecule has 0 fully saturated rings. The zero-order valence-electron chi connectivity index (χ0n) is 22.2. The van der Waals surface area contributed by atoms with Crippen molar-refractivity contribution in [1.29, 1.82) is 0 Å². The molecule has 0 aliphatic heterocycles. The fourth-order valence-corrected chi connectivity index (χ4v) is 4.40. The zero-order valence-corrected chi connectivity index (χ0v) is 23.0. The molecule has 0 unspecified atom stereocenters. The molecule has 0 amide bonds. The summed E-state index contributed by atoms with van der Waals surface area (Å²) in [5.41, 5.74) is 13.3. The van der Waals surface area contributed by atoms with Crippen molar-refractivity contribution in [3.05, 3.63) is 82.5 Å². The highest BCUT2D eigenvalue weighted by atomic mass is 35.7. The van der Waals surface area contributed by atoms with Crippen LogP contribution < -0.4 is 34.5 Å². The van der Waals surface area contributed by atoms with Crippen LogP contribution in [0.3, 0.4) is 0 Å². The first-order chi connectivity index (χ1) is 17.8. The van der Waals surface area contributed by atoms with Crippen LogP contribution in [0.2, 0.25) is 0 Å². The predicted octanol–water partition coefficient (Wildman–Crippen LogP) is 1.96. The molecule has 0 saturated carbocycles. The number of nitrogen functional groups attached to an aromatic ring is 1. The number of rotatable bonds is 5. The normalized spacial score (nSPS) is 11.8. The third-order valence-corrected chi connectivity index (χ3v) is 6.14. The number of hydrogen-bond donors (Lipinski definition) is 2. The van der Waals surface area contributed by atoms with Gasteiger partial charge in [-0.05, 0) is 82.1 Å². The first kappa shape index (κ1) is 29.0. The Morgan fingerprint density at radius 2 is 1.53 bits per heavy atom. The monoisotopic (exact) mass is 541 g/mol. The number of fused-ring (bicyclic) bond motifs is 1. The maximum absolute atomic E-state index is 8.60. The number of benzene rings is 2. The van der Waals surface area contributed by atoms with Gasteiger partial charge in [0.15, 0.2) is 0 Å². The fraction of sp³-hybridized carbons (Fsp3) is 0.250. The SMILES string of the molecule is CCOc1cccc(=Nc2cc(C)c(C)cc2N)c2c(C)n(-c3cccc(OC)c3)c(C)c12.[O-][Cl+3]([O-])([O-])O. The Hall–Kier alpha value is -3.60. The number of aromatic nitrogens is 1. The van der Waals surface area contributed by atoms with Crippen LogP contribution in [-0.4, -0.2) is 22.9 Å². The Bertz CT molecular complexity index is 1520. The summed E-state index contributed by atoms with van der Waals surface area (Å²) in [5.74, 6) is 1.65. The van der Waals surface area contributed by atoms with E-state index in [1.165, 1.54) is 0 Å². The molecule has 0 aliphatic rings. The van der Waals surface area contributed by atoms with Crippen molar-refractivity contribution in [1.82, 2.24) is 4.57 Å². The van der Waals surface area contributed by atoms with E-state index in [1.54, 1.807) is 7.11 Å². The molecule has 0 bridgehead atoms. The minimum atomic E-state index is -4.69. The number of anilines is 1. The number of nitrogens with zero attached hydrogens (tertiary/aromatic N) is 2. The average molecular weight is 542 g/mol. The quantitative estimate of drug-likeness (QED) is 0.366. The second-order valence-corrected chi connectivity index (χ2v) is 9.46. The molecule has 1 heterocycles. The van der Waals surface area contributed by atoms with Crippen molar-refractivity contribution >= 4 is 22.1 Å². The number of halogens is 1. The lowest BCUT2D eigenvalue weighted by atomic mass is 10.1. The minimum absolute atomic E-state index is 0.582. The Labute approximate surface area is 223 Å². The molecule has 0 aliphatic carbocycles. The van der Waals surface area contributed by atoms with Gasteiger partial charge in [-0.15, -0.1) is 0 Å². The van der Waals surface area contributed by atoms with Gasteiger partial charge in [-0.25, -0.2) is 4.99 Å². The van der Waals surface area contributed by atoms with E-state index >= 15 is 0 Å². The third kappa shape index (κ3) is 6.63. The highest BCUT2D eigenvalue weighted by Gasteiger charge is 2.18. The number of ether oxygens (including phenoxy) is 2. The average Bonchev–Trinajstić information content (AvgIpc) is 2.97.